The average Bonchev–Trinajstić information content (AvgIpc) is 3.07. The van der Waals surface area contributed by atoms with Gasteiger partial charge in [-0.05, 0) is 26.2 Å². The molecule has 0 radical (unpaired) electrons. The number of piperazine rings is 1. The lowest BCUT2D eigenvalue weighted by molar-refractivity contribution is -0.181. The second-order valence-electron chi connectivity index (χ2n) is 7.21. The molecule has 2 heterocycles. The molecule has 11 heteroatoms. The van der Waals surface area contributed by atoms with Crippen molar-refractivity contribution in [2.24, 2.45) is 10.9 Å². The van der Waals surface area contributed by atoms with Crippen LogP contribution in [0.3, 0.4) is 0 Å². The van der Waals surface area contributed by atoms with Crippen molar-refractivity contribution in [3.05, 3.63) is 0 Å². The van der Waals surface area contributed by atoms with E-state index >= 15 is 0 Å². The lowest BCUT2D eigenvalue weighted by atomic mass is 10.1. The van der Waals surface area contributed by atoms with Crippen molar-refractivity contribution < 1.29 is 21.6 Å². The number of alkyl halides is 3. The van der Waals surface area contributed by atoms with Gasteiger partial charge in [-0.15, -0.1) is 0 Å². The van der Waals surface area contributed by atoms with Gasteiger partial charge in [0.05, 0.1) is 6.26 Å². The highest BCUT2D eigenvalue weighted by Crippen LogP contribution is 2.25. The van der Waals surface area contributed by atoms with E-state index in [1.54, 1.807) is 0 Å². The summed E-state index contributed by atoms with van der Waals surface area (Å²) < 4.78 is 63.3. The molecule has 27 heavy (non-hydrogen) atoms. The molecule has 0 aromatic heterocycles. The molecule has 2 saturated heterocycles. The van der Waals surface area contributed by atoms with Crippen molar-refractivity contribution in [1.29, 1.82) is 0 Å². The van der Waals surface area contributed by atoms with Crippen LogP contribution in [-0.4, -0.2) is 99.3 Å². The molecule has 0 spiro atoms. The minimum atomic E-state index is -4.21. The Labute approximate surface area is 159 Å². The standard InChI is InChI=1S/C16H30F3N5O2S/c1-4-20-15(21-11-14-5-6-24(12-14)27(3,25)26)23-9-7-22(8-10-23)13(2)16(17,18)19/h13-14H,4-12H2,1-3H3,(H,20,21). The first-order chi connectivity index (χ1) is 12.5. The van der Waals surface area contributed by atoms with Gasteiger partial charge in [0.2, 0.25) is 10.0 Å². The van der Waals surface area contributed by atoms with Crippen LogP contribution in [0.4, 0.5) is 13.2 Å². The Morgan fingerprint density at radius 1 is 1.22 bits per heavy atom. The Morgan fingerprint density at radius 2 is 1.85 bits per heavy atom. The van der Waals surface area contributed by atoms with Crippen molar-refractivity contribution in [2.75, 3.05) is 58.6 Å². The monoisotopic (exact) mass is 413 g/mol. The van der Waals surface area contributed by atoms with Crippen LogP contribution in [0.2, 0.25) is 0 Å². The van der Waals surface area contributed by atoms with Gasteiger partial charge in [0.1, 0.15) is 6.04 Å². The largest absolute Gasteiger partial charge is 0.403 e. The van der Waals surface area contributed by atoms with E-state index in [1.165, 1.54) is 22.4 Å². The van der Waals surface area contributed by atoms with E-state index in [9.17, 15) is 21.6 Å². The zero-order valence-electron chi connectivity index (χ0n) is 16.2. The Hall–Kier alpha value is -1.07. The summed E-state index contributed by atoms with van der Waals surface area (Å²) in [6.07, 6.45) is -2.23. The topological polar surface area (TPSA) is 68.2 Å². The molecule has 2 fully saturated rings. The minimum absolute atomic E-state index is 0.167. The third-order valence-electron chi connectivity index (χ3n) is 5.19. The van der Waals surface area contributed by atoms with E-state index in [-0.39, 0.29) is 5.92 Å². The fraction of sp³-hybridized carbons (Fsp3) is 0.938. The molecular formula is C16H30F3N5O2S. The first-order valence-corrected chi connectivity index (χ1v) is 11.2. The molecule has 7 nitrogen and oxygen atoms in total. The van der Waals surface area contributed by atoms with Crippen molar-refractivity contribution >= 4 is 16.0 Å². The molecule has 0 aliphatic carbocycles. The van der Waals surface area contributed by atoms with E-state index in [2.05, 4.69) is 10.3 Å². The van der Waals surface area contributed by atoms with Crippen LogP contribution in [0.1, 0.15) is 20.3 Å². The zero-order valence-corrected chi connectivity index (χ0v) is 17.0. The number of hydrogen-bond donors (Lipinski definition) is 1. The van der Waals surface area contributed by atoms with Gasteiger partial charge in [-0.3, -0.25) is 9.89 Å². The highest BCUT2D eigenvalue weighted by Gasteiger charge is 2.41. The molecule has 2 aliphatic rings. The lowest BCUT2D eigenvalue weighted by Crippen LogP contribution is -2.56. The summed E-state index contributed by atoms with van der Waals surface area (Å²) in [7, 11) is -3.17. The van der Waals surface area contributed by atoms with Crippen LogP contribution >= 0.6 is 0 Å². The average molecular weight is 414 g/mol. The summed E-state index contributed by atoms with van der Waals surface area (Å²) in [6, 6.07) is -1.44. The van der Waals surface area contributed by atoms with Crippen LogP contribution < -0.4 is 5.32 Å². The lowest BCUT2D eigenvalue weighted by Gasteiger charge is -2.39. The first-order valence-electron chi connectivity index (χ1n) is 9.31. The molecule has 2 rings (SSSR count). The summed E-state index contributed by atoms with van der Waals surface area (Å²) in [6.45, 7) is 6.92. The fourth-order valence-electron chi connectivity index (χ4n) is 3.42. The molecule has 0 bridgehead atoms. The summed E-state index contributed by atoms with van der Waals surface area (Å²) >= 11 is 0. The third-order valence-corrected chi connectivity index (χ3v) is 6.46. The Kier molecular flexibility index (Phi) is 7.37. The Bertz CT molecular complexity index is 618. The predicted octanol–water partition coefficient (Wildman–Crippen LogP) is 0.802. The van der Waals surface area contributed by atoms with Crippen molar-refractivity contribution in [2.45, 2.75) is 32.5 Å². The number of aliphatic imine (C=N–C) groups is 1. The third kappa shape index (κ3) is 6.21. The first kappa shape index (κ1) is 22.2. The van der Waals surface area contributed by atoms with Gasteiger partial charge >= 0.3 is 6.18 Å². The number of guanidine groups is 1. The molecule has 0 aromatic rings. The van der Waals surface area contributed by atoms with Crippen molar-refractivity contribution in [3.63, 3.8) is 0 Å². The van der Waals surface area contributed by atoms with Crippen LogP contribution in [0.25, 0.3) is 0 Å². The fourth-order valence-corrected chi connectivity index (χ4v) is 4.34. The predicted molar refractivity (Wildman–Crippen MR) is 99.2 cm³/mol. The number of rotatable bonds is 5. The summed E-state index contributed by atoms with van der Waals surface area (Å²) in [5, 5.41) is 3.20. The Balaban J connectivity index is 1.91. The van der Waals surface area contributed by atoms with Crippen molar-refractivity contribution in [1.82, 2.24) is 19.4 Å². The summed E-state index contributed by atoms with van der Waals surface area (Å²) in [4.78, 5) is 8.05. The van der Waals surface area contributed by atoms with E-state index in [0.29, 0.717) is 58.3 Å². The maximum Gasteiger partial charge on any atom is 0.403 e. The normalized spacial score (nSPS) is 25.0. The van der Waals surface area contributed by atoms with Gasteiger partial charge in [-0.2, -0.15) is 13.2 Å². The highest BCUT2D eigenvalue weighted by atomic mass is 32.2. The van der Waals surface area contributed by atoms with Crippen LogP contribution in [0.15, 0.2) is 4.99 Å². The summed E-state index contributed by atoms with van der Waals surface area (Å²) in [5.74, 6) is 0.856. The zero-order chi connectivity index (χ0) is 20.2. The second kappa shape index (κ2) is 8.95. The molecule has 158 valence electrons. The molecule has 0 aromatic carbocycles. The minimum Gasteiger partial charge on any atom is -0.357 e. The molecule has 0 amide bonds. The maximum atomic E-state index is 12.9. The van der Waals surface area contributed by atoms with Gasteiger partial charge in [-0.1, -0.05) is 0 Å². The van der Waals surface area contributed by atoms with E-state index in [1.807, 2.05) is 11.8 Å². The van der Waals surface area contributed by atoms with Gasteiger partial charge in [0.25, 0.3) is 0 Å². The van der Waals surface area contributed by atoms with Crippen LogP contribution in [0, 0.1) is 5.92 Å². The number of sulfonamides is 1. The molecule has 2 unspecified atom stereocenters. The van der Waals surface area contributed by atoms with E-state index in [4.69, 9.17) is 0 Å². The summed E-state index contributed by atoms with van der Waals surface area (Å²) in [5.41, 5.74) is 0. The molecule has 2 atom stereocenters. The Morgan fingerprint density at radius 3 is 2.33 bits per heavy atom. The molecule has 2 aliphatic heterocycles. The smallest absolute Gasteiger partial charge is 0.357 e. The number of nitrogens with one attached hydrogen (secondary N) is 1. The molecule has 0 saturated carbocycles. The van der Waals surface area contributed by atoms with Crippen LogP contribution in [0.5, 0.6) is 0 Å². The molecular weight excluding hydrogens is 383 g/mol. The van der Waals surface area contributed by atoms with Gasteiger partial charge in [0.15, 0.2) is 5.96 Å². The quantitative estimate of drug-likeness (QED) is 0.534. The highest BCUT2D eigenvalue weighted by molar-refractivity contribution is 7.88. The van der Waals surface area contributed by atoms with Crippen molar-refractivity contribution in [3.8, 4) is 0 Å². The number of nitrogens with zero attached hydrogens (tertiary/aromatic N) is 4. The SMILES string of the molecule is CCNC(=NCC1CCN(S(C)(=O)=O)C1)N1CCN(C(C)C(F)(F)F)CC1. The van der Waals surface area contributed by atoms with E-state index in [0.717, 1.165) is 6.42 Å². The van der Waals surface area contributed by atoms with Gasteiger partial charge < -0.3 is 10.2 Å². The van der Waals surface area contributed by atoms with Gasteiger partial charge in [0, 0.05) is 52.4 Å². The van der Waals surface area contributed by atoms with Crippen LogP contribution in [-0.2, 0) is 10.0 Å². The second-order valence-corrected chi connectivity index (χ2v) is 9.19. The molecule has 1 N–H and O–H groups in total. The number of hydrogen-bond acceptors (Lipinski definition) is 4. The maximum absolute atomic E-state index is 12.9. The van der Waals surface area contributed by atoms with Gasteiger partial charge in [-0.25, -0.2) is 12.7 Å². The van der Waals surface area contributed by atoms with E-state index < -0.39 is 22.2 Å². The number of halogens is 3.